The lowest BCUT2D eigenvalue weighted by Crippen LogP contribution is -2.44. The Balaban J connectivity index is 2.01. The molecule has 0 aliphatic rings. The Labute approximate surface area is 166 Å². The van der Waals surface area contributed by atoms with Crippen LogP contribution in [0, 0.1) is 16.7 Å². The van der Waals surface area contributed by atoms with Gasteiger partial charge in [-0.1, -0.05) is 0 Å². The Hall–Kier alpha value is -3.81. The number of rotatable bonds is 6. The zero-order chi connectivity index (χ0) is 21.9. The molecule has 0 aliphatic heterocycles. The summed E-state index contributed by atoms with van der Waals surface area (Å²) in [6.07, 6.45) is 0.962. The molecule has 30 heavy (non-hydrogen) atoms. The molecule has 3 rings (SSSR count). The molecule has 6 nitrogen and oxygen atoms in total. The molecule has 154 valence electrons. The highest BCUT2D eigenvalue weighted by Gasteiger charge is 2.57. The van der Waals surface area contributed by atoms with Gasteiger partial charge in [0.2, 0.25) is 0 Å². The molecule has 2 N–H and O–H groups in total. The Morgan fingerprint density at radius 1 is 1.20 bits per heavy atom. The van der Waals surface area contributed by atoms with Crippen LogP contribution in [0.2, 0.25) is 0 Å². The summed E-state index contributed by atoms with van der Waals surface area (Å²) in [7, 11) is 0. The highest BCUT2D eigenvalue weighted by atomic mass is 19.4. The molecule has 3 aromatic heterocycles. The topological polar surface area (TPSA) is 89.9 Å². The number of halogens is 5. The predicted molar refractivity (Wildman–Crippen MR) is 98.9 cm³/mol. The maximum absolute atomic E-state index is 13.1. The Morgan fingerprint density at radius 2 is 1.97 bits per heavy atom. The van der Waals surface area contributed by atoms with Crippen LogP contribution in [0.1, 0.15) is 11.3 Å². The summed E-state index contributed by atoms with van der Waals surface area (Å²) < 4.78 is 64.9. The molecular weight excluding hydrogens is 407 g/mol. The highest BCUT2D eigenvalue weighted by molar-refractivity contribution is 6.10. The zero-order valence-electron chi connectivity index (χ0n) is 15.1. The van der Waals surface area contributed by atoms with Gasteiger partial charge in [0.25, 0.3) is 0 Å². The van der Waals surface area contributed by atoms with Crippen LogP contribution >= 0.6 is 0 Å². The van der Waals surface area contributed by atoms with E-state index in [4.69, 9.17) is 10.7 Å². The number of nitrogens with one attached hydrogen (secondary N) is 2. The third-order valence-corrected chi connectivity index (χ3v) is 4.14. The number of aromatic nitrogens is 3. The second-order valence-electron chi connectivity index (χ2n) is 6.14. The summed E-state index contributed by atoms with van der Waals surface area (Å²) >= 11 is 0. The van der Waals surface area contributed by atoms with Gasteiger partial charge in [0.05, 0.1) is 12.2 Å². The molecule has 0 spiro atoms. The smallest absolute Gasteiger partial charge is 0.384 e. The van der Waals surface area contributed by atoms with Crippen molar-refractivity contribution in [2.24, 2.45) is 0 Å². The van der Waals surface area contributed by atoms with Gasteiger partial charge in [0.15, 0.2) is 0 Å². The van der Waals surface area contributed by atoms with Crippen LogP contribution < -0.4 is 5.32 Å². The number of allylic oxidation sites excluding steroid dienone is 1. The Kier molecular flexibility index (Phi) is 5.51. The van der Waals surface area contributed by atoms with Crippen LogP contribution in [-0.2, 0) is 0 Å². The normalized spacial score (nSPS) is 12.6. The lowest BCUT2D eigenvalue weighted by atomic mass is 10.0. The molecule has 0 amide bonds. The Morgan fingerprint density at radius 3 is 2.63 bits per heavy atom. The maximum atomic E-state index is 13.1. The first kappa shape index (κ1) is 20.9. The van der Waals surface area contributed by atoms with E-state index >= 15 is 0 Å². The van der Waals surface area contributed by atoms with Gasteiger partial charge in [-0.25, -0.2) is 9.97 Å². The van der Waals surface area contributed by atoms with Gasteiger partial charge in [-0.2, -0.15) is 27.2 Å². The molecule has 0 aliphatic carbocycles. The van der Waals surface area contributed by atoms with Crippen molar-refractivity contribution < 1.29 is 22.0 Å². The third kappa shape index (κ3) is 4.12. The standard InChI is InChI=1S/C19H13F5N6/c20-18(21,19(22,23)24)11-27-10-13(8-25)15-2-1-14(9-26)29-17(15)12-3-5-30-6-4-28-16(30)7-12/h1-8,10,25,27H,11H2/b13-10+,25-8?. The van der Waals surface area contributed by atoms with Gasteiger partial charge >= 0.3 is 12.1 Å². The number of alkyl halides is 5. The first-order chi connectivity index (χ1) is 14.2. The second kappa shape index (κ2) is 7.90. The van der Waals surface area contributed by atoms with Crippen molar-refractivity contribution in [3.05, 3.63) is 60.3 Å². The summed E-state index contributed by atoms with van der Waals surface area (Å²) in [5.74, 6) is -4.94. The molecule has 0 unspecified atom stereocenters. The predicted octanol–water partition coefficient (Wildman–Crippen LogP) is 4.05. The zero-order valence-corrected chi connectivity index (χ0v) is 15.1. The van der Waals surface area contributed by atoms with Crippen molar-refractivity contribution >= 4 is 17.4 Å². The van der Waals surface area contributed by atoms with Crippen LogP contribution in [-0.4, -0.2) is 39.2 Å². The van der Waals surface area contributed by atoms with Gasteiger partial charge in [0, 0.05) is 47.7 Å². The number of pyridine rings is 2. The van der Waals surface area contributed by atoms with Gasteiger partial charge in [-0.3, -0.25) is 0 Å². The minimum Gasteiger partial charge on any atom is -0.384 e. The van der Waals surface area contributed by atoms with Crippen molar-refractivity contribution in [1.82, 2.24) is 19.7 Å². The summed E-state index contributed by atoms with van der Waals surface area (Å²) in [5, 5.41) is 18.6. The highest BCUT2D eigenvalue weighted by Crippen LogP contribution is 2.34. The van der Waals surface area contributed by atoms with Crippen LogP contribution in [0.5, 0.6) is 0 Å². The summed E-state index contributed by atoms with van der Waals surface area (Å²) in [4.78, 5) is 8.37. The fourth-order valence-corrected chi connectivity index (χ4v) is 2.62. The molecule has 3 heterocycles. The van der Waals surface area contributed by atoms with E-state index in [1.54, 1.807) is 35.1 Å². The number of hydrogen-bond donors (Lipinski definition) is 2. The fourth-order valence-electron chi connectivity index (χ4n) is 2.62. The number of nitrogens with zero attached hydrogens (tertiary/aromatic N) is 4. The summed E-state index contributed by atoms with van der Waals surface area (Å²) in [6, 6.07) is 8.02. The van der Waals surface area contributed by atoms with E-state index in [1.807, 2.05) is 11.4 Å². The van der Waals surface area contributed by atoms with E-state index in [-0.39, 0.29) is 22.5 Å². The van der Waals surface area contributed by atoms with Crippen molar-refractivity contribution in [2.45, 2.75) is 12.1 Å². The molecule has 0 fully saturated rings. The van der Waals surface area contributed by atoms with E-state index in [0.29, 0.717) is 11.2 Å². The molecule has 0 saturated carbocycles. The van der Waals surface area contributed by atoms with Crippen LogP contribution in [0.15, 0.2) is 49.1 Å². The van der Waals surface area contributed by atoms with Crippen molar-refractivity contribution in [1.29, 1.82) is 10.7 Å². The molecule has 0 aromatic carbocycles. The first-order valence-electron chi connectivity index (χ1n) is 8.39. The van der Waals surface area contributed by atoms with Gasteiger partial charge in [0.1, 0.15) is 17.4 Å². The number of hydrogen-bond acceptors (Lipinski definition) is 5. The molecule has 3 aromatic rings. The van der Waals surface area contributed by atoms with Crippen LogP contribution in [0.25, 0.3) is 22.5 Å². The largest absolute Gasteiger partial charge is 0.455 e. The quantitative estimate of drug-likeness (QED) is 0.465. The van der Waals surface area contributed by atoms with E-state index in [2.05, 4.69) is 9.97 Å². The molecule has 0 atom stereocenters. The number of nitriles is 1. The molecule has 11 heteroatoms. The second-order valence-corrected chi connectivity index (χ2v) is 6.14. The minimum absolute atomic E-state index is 0.00294. The lowest BCUT2D eigenvalue weighted by Gasteiger charge is -2.19. The van der Waals surface area contributed by atoms with Crippen molar-refractivity contribution in [3.63, 3.8) is 0 Å². The average molecular weight is 420 g/mol. The average Bonchev–Trinajstić information content (AvgIpc) is 3.18. The lowest BCUT2D eigenvalue weighted by molar-refractivity contribution is -0.278. The van der Waals surface area contributed by atoms with Crippen molar-refractivity contribution in [3.8, 4) is 17.3 Å². The van der Waals surface area contributed by atoms with E-state index in [9.17, 15) is 22.0 Å². The third-order valence-electron chi connectivity index (χ3n) is 4.14. The van der Waals surface area contributed by atoms with Gasteiger partial charge in [-0.05, 0) is 24.3 Å². The summed E-state index contributed by atoms with van der Waals surface area (Å²) in [6.45, 7) is -1.69. The van der Waals surface area contributed by atoms with Crippen LogP contribution in [0.3, 0.4) is 0 Å². The number of fused-ring (bicyclic) bond motifs is 1. The molecule has 0 saturated heterocycles. The maximum Gasteiger partial charge on any atom is 0.455 e. The van der Waals surface area contributed by atoms with E-state index in [1.165, 1.54) is 12.1 Å². The summed E-state index contributed by atoms with van der Waals surface area (Å²) in [5.41, 5.74) is 1.68. The van der Waals surface area contributed by atoms with Gasteiger partial charge < -0.3 is 15.1 Å². The molecule has 0 bridgehead atoms. The van der Waals surface area contributed by atoms with E-state index in [0.717, 1.165) is 12.4 Å². The van der Waals surface area contributed by atoms with Crippen molar-refractivity contribution in [2.75, 3.05) is 6.54 Å². The monoisotopic (exact) mass is 420 g/mol. The number of imidazole rings is 1. The molecular formula is C19H13F5N6. The molecule has 0 radical (unpaired) electrons. The first-order valence-corrected chi connectivity index (χ1v) is 8.39. The van der Waals surface area contributed by atoms with Gasteiger partial charge in [-0.15, -0.1) is 0 Å². The minimum atomic E-state index is -5.69. The SMILES string of the molecule is N#Cc1ccc(/C(C=N)=C/NCC(F)(F)C(F)(F)F)c(-c2ccn3ccnc3c2)n1. The fraction of sp³-hybridized carbons (Fsp3) is 0.158. The van der Waals surface area contributed by atoms with Crippen LogP contribution in [0.4, 0.5) is 22.0 Å². The van der Waals surface area contributed by atoms with E-state index < -0.39 is 18.6 Å². The Bertz CT molecular complexity index is 1160.